The van der Waals surface area contributed by atoms with Crippen LogP contribution in [0.3, 0.4) is 0 Å². The molecule has 5 heteroatoms. The molecule has 21 heavy (non-hydrogen) atoms. The van der Waals surface area contributed by atoms with Gasteiger partial charge in [-0.2, -0.15) is 0 Å². The minimum atomic E-state index is 0.209. The maximum atomic E-state index is 5.90. The fourth-order valence-corrected chi connectivity index (χ4v) is 2.32. The lowest BCUT2D eigenvalue weighted by Gasteiger charge is -2.25. The van der Waals surface area contributed by atoms with Crippen molar-refractivity contribution in [1.82, 2.24) is 9.88 Å². The van der Waals surface area contributed by atoms with Gasteiger partial charge in [0, 0.05) is 6.54 Å². The molecule has 0 radical (unpaired) electrons. The summed E-state index contributed by atoms with van der Waals surface area (Å²) < 4.78 is 5.29. The number of methoxy groups -OCH3 is 1. The van der Waals surface area contributed by atoms with E-state index < -0.39 is 0 Å². The lowest BCUT2D eigenvalue weighted by molar-refractivity contribution is 0.310. The molecule has 0 aliphatic carbocycles. The second-order valence-corrected chi connectivity index (χ2v) is 5.37. The standard InChI is InChI=1S/C16H20ClN3O/c1-20(2)14(12-6-4-7-13(10-12)21-3)11-18-16-9-5-8-15(17)19-16/h4-10,14H,11H2,1-3H3,(H,18,19). The number of hydrogen-bond donors (Lipinski definition) is 1. The van der Waals surface area contributed by atoms with Gasteiger partial charge in [-0.25, -0.2) is 4.98 Å². The number of aromatic nitrogens is 1. The summed E-state index contributed by atoms with van der Waals surface area (Å²) in [5.74, 6) is 1.64. The highest BCUT2D eigenvalue weighted by Gasteiger charge is 2.14. The van der Waals surface area contributed by atoms with Crippen LogP contribution in [0.4, 0.5) is 5.82 Å². The van der Waals surface area contributed by atoms with Crippen LogP contribution in [-0.4, -0.2) is 37.6 Å². The second kappa shape index (κ2) is 7.29. The number of nitrogens with zero attached hydrogens (tertiary/aromatic N) is 2. The van der Waals surface area contributed by atoms with Crippen molar-refractivity contribution in [1.29, 1.82) is 0 Å². The number of hydrogen-bond acceptors (Lipinski definition) is 4. The van der Waals surface area contributed by atoms with Crippen LogP contribution in [0.15, 0.2) is 42.5 Å². The SMILES string of the molecule is COc1cccc(C(CNc2cccc(Cl)n2)N(C)C)c1. The van der Waals surface area contributed by atoms with Crippen LogP contribution >= 0.6 is 11.6 Å². The first-order valence-corrected chi connectivity index (χ1v) is 7.15. The summed E-state index contributed by atoms with van der Waals surface area (Å²) in [7, 11) is 5.78. The van der Waals surface area contributed by atoms with E-state index in [4.69, 9.17) is 16.3 Å². The Bertz CT molecular complexity index is 589. The van der Waals surface area contributed by atoms with Gasteiger partial charge in [0.05, 0.1) is 13.2 Å². The molecule has 0 aliphatic heterocycles. The molecule has 0 saturated carbocycles. The number of benzene rings is 1. The summed E-state index contributed by atoms with van der Waals surface area (Å²) in [5.41, 5.74) is 1.19. The van der Waals surface area contributed by atoms with E-state index in [-0.39, 0.29) is 6.04 Å². The third-order valence-electron chi connectivity index (χ3n) is 3.29. The Labute approximate surface area is 130 Å². The Morgan fingerprint density at radius 3 is 2.67 bits per heavy atom. The Balaban J connectivity index is 2.12. The third kappa shape index (κ3) is 4.34. The Morgan fingerprint density at radius 2 is 2.00 bits per heavy atom. The quantitative estimate of drug-likeness (QED) is 0.829. The summed E-state index contributed by atoms with van der Waals surface area (Å²) in [4.78, 5) is 6.40. The molecular formula is C16H20ClN3O. The molecule has 1 aromatic carbocycles. The number of halogens is 1. The number of likely N-dealkylation sites (N-methyl/N-ethyl adjacent to an activating group) is 1. The van der Waals surface area contributed by atoms with Gasteiger partial charge >= 0.3 is 0 Å². The molecule has 0 aliphatic rings. The summed E-state index contributed by atoms with van der Waals surface area (Å²) in [5, 5.41) is 3.81. The molecule has 1 N–H and O–H groups in total. The van der Waals surface area contributed by atoms with Gasteiger partial charge in [0.15, 0.2) is 0 Å². The predicted octanol–water partition coefficient (Wildman–Crippen LogP) is 3.46. The monoisotopic (exact) mass is 305 g/mol. The van der Waals surface area contributed by atoms with Crippen LogP contribution < -0.4 is 10.1 Å². The first-order valence-electron chi connectivity index (χ1n) is 6.77. The molecular weight excluding hydrogens is 286 g/mol. The van der Waals surface area contributed by atoms with E-state index in [0.29, 0.717) is 5.15 Å². The van der Waals surface area contributed by atoms with Crippen molar-refractivity contribution in [2.45, 2.75) is 6.04 Å². The summed E-state index contributed by atoms with van der Waals surface area (Å²) in [6.45, 7) is 0.730. The smallest absolute Gasteiger partial charge is 0.131 e. The summed E-state index contributed by atoms with van der Waals surface area (Å²) >= 11 is 5.90. The lowest BCUT2D eigenvalue weighted by atomic mass is 10.1. The Hall–Kier alpha value is -1.78. The molecule has 2 aromatic rings. The number of ether oxygens (including phenoxy) is 1. The number of nitrogens with one attached hydrogen (secondary N) is 1. The van der Waals surface area contributed by atoms with Crippen molar-refractivity contribution in [3.05, 3.63) is 53.2 Å². The van der Waals surface area contributed by atoms with Crippen LogP contribution in [0, 0.1) is 0 Å². The van der Waals surface area contributed by atoms with Crippen LogP contribution in [-0.2, 0) is 0 Å². The average molecular weight is 306 g/mol. The molecule has 0 amide bonds. The van der Waals surface area contributed by atoms with Crippen LogP contribution in [0.5, 0.6) is 5.75 Å². The third-order valence-corrected chi connectivity index (χ3v) is 3.50. The van der Waals surface area contributed by atoms with E-state index in [2.05, 4.69) is 41.4 Å². The fourth-order valence-electron chi connectivity index (χ4n) is 2.16. The van der Waals surface area contributed by atoms with Crippen molar-refractivity contribution in [3.8, 4) is 5.75 Å². The highest BCUT2D eigenvalue weighted by molar-refractivity contribution is 6.29. The van der Waals surface area contributed by atoms with Crippen LogP contribution in [0.25, 0.3) is 0 Å². The molecule has 0 spiro atoms. The van der Waals surface area contributed by atoms with E-state index >= 15 is 0 Å². The summed E-state index contributed by atoms with van der Waals surface area (Å²) in [6.07, 6.45) is 0. The predicted molar refractivity (Wildman–Crippen MR) is 87.2 cm³/mol. The van der Waals surface area contributed by atoms with Gasteiger partial charge in [-0.15, -0.1) is 0 Å². The maximum absolute atomic E-state index is 5.90. The van der Waals surface area contributed by atoms with Gasteiger partial charge in [-0.1, -0.05) is 29.8 Å². The maximum Gasteiger partial charge on any atom is 0.131 e. The van der Waals surface area contributed by atoms with Gasteiger partial charge in [0.25, 0.3) is 0 Å². The highest BCUT2D eigenvalue weighted by Crippen LogP contribution is 2.23. The zero-order chi connectivity index (χ0) is 15.2. The van der Waals surface area contributed by atoms with E-state index in [1.807, 2.05) is 24.3 Å². The lowest BCUT2D eigenvalue weighted by Crippen LogP contribution is -2.27. The number of rotatable bonds is 6. The molecule has 2 rings (SSSR count). The van der Waals surface area contributed by atoms with Crippen LogP contribution in [0.2, 0.25) is 5.15 Å². The second-order valence-electron chi connectivity index (χ2n) is 4.98. The van der Waals surface area contributed by atoms with Crippen molar-refractivity contribution >= 4 is 17.4 Å². The summed E-state index contributed by atoms with van der Waals surface area (Å²) in [6, 6.07) is 13.9. The zero-order valence-corrected chi connectivity index (χ0v) is 13.3. The van der Waals surface area contributed by atoms with E-state index in [1.54, 1.807) is 13.2 Å². The van der Waals surface area contributed by atoms with Crippen LogP contribution in [0.1, 0.15) is 11.6 Å². The van der Waals surface area contributed by atoms with E-state index in [9.17, 15) is 0 Å². The molecule has 0 saturated heterocycles. The topological polar surface area (TPSA) is 37.4 Å². The molecule has 4 nitrogen and oxygen atoms in total. The molecule has 0 bridgehead atoms. The molecule has 112 valence electrons. The number of pyridine rings is 1. The molecule has 1 aromatic heterocycles. The van der Waals surface area contributed by atoms with E-state index in [1.165, 1.54) is 5.56 Å². The average Bonchev–Trinajstić information content (AvgIpc) is 2.47. The minimum Gasteiger partial charge on any atom is -0.497 e. The van der Waals surface area contributed by atoms with Crippen molar-refractivity contribution in [3.63, 3.8) is 0 Å². The molecule has 1 heterocycles. The van der Waals surface area contributed by atoms with Crippen molar-refractivity contribution in [2.75, 3.05) is 33.1 Å². The van der Waals surface area contributed by atoms with Gasteiger partial charge < -0.3 is 15.0 Å². The van der Waals surface area contributed by atoms with Crippen molar-refractivity contribution in [2.24, 2.45) is 0 Å². The van der Waals surface area contributed by atoms with Gasteiger partial charge in [0.2, 0.25) is 0 Å². The Kier molecular flexibility index (Phi) is 5.42. The zero-order valence-electron chi connectivity index (χ0n) is 12.5. The minimum absolute atomic E-state index is 0.209. The normalized spacial score (nSPS) is 12.2. The Morgan fingerprint density at radius 1 is 1.24 bits per heavy atom. The molecule has 1 unspecified atom stereocenters. The van der Waals surface area contributed by atoms with Gasteiger partial charge in [-0.3, -0.25) is 0 Å². The fraction of sp³-hybridized carbons (Fsp3) is 0.312. The molecule has 0 fully saturated rings. The van der Waals surface area contributed by atoms with E-state index in [0.717, 1.165) is 18.1 Å². The largest absolute Gasteiger partial charge is 0.497 e. The van der Waals surface area contributed by atoms with Gasteiger partial charge in [-0.05, 0) is 43.9 Å². The van der Waals surface area contributed by atoms with Crippen molar-refractivity contribution < 1.29 is 4.74 Å². The first-order chi connectivity index (χ1) is 10.1. The molecule has 1 atom stereocenters. The first kappa shape index (κ1) is 15.6. The number of anilines is 1. The highest BCUT2D eigenvalue weighted by atomic mass is 35.5. The van der Waals surface area contributed by atoms with Gasteiger partial charge in [0.1, 0.15) is 16.7 Å².